The first-order chi connectivity index (χ1) is 7.60. The molecule has 1 rings (SSSR count). The molecule has 1 aromatic rings. The number of nitrogens with one attached hydrogen (secondary N) is 1. The lowest BCUT2D eigenvalue weighted by atomic mass is 10.3. The van der Waals surface area contributed by atoms with Gasteiger partial charge in [0.25, 0.3) is 0 Å². The fourth-order valence-corrected chi connectivity index (χ4v) is 1.56. The molecule has 0 unspecified atom stereocenters. The number of hydrogen-bond donors (Lipinski definition) is 1. The third-order valence-corrected chi connectivity index (χ3v) is 3.52. The number of hydrazone groups is 1. The van der Waals surface area contributed by atoms with E-state index in [1.165, 1.54) is 0 Å². The third kappa shape index (κ3) is 2.86. The molecule has 7 heteroatoms. The van der Waals surface area contributed by atoms with Gasteiger partial charge < -0.3 is 0 Å². The molecule has 1 aromatic carbocycles. The molecule has 80 valence electrons. The van der Waals surface area contributed by atoms with Gasteiger partial charge in [-0.2, -0.15) is 15.6 Å². The molecule has 16 heavy (non-hydrogen) atoms. The summed E-state index contributed by atoms with van der Waals surface area (Å²) in [6.45, 7) is 0. The van der Waals surface area contributed by atoms with Crippen LogP contribution in [0.25, 0.3) is 0 Å². The molecule has 0 aromatic heterocycles. The quantitative estimate of drug-likeness (QED) is 0.515. The molecule has 0 bridgehead atoms. The molecule has 1 N–H and O–H groups in total. The molecule has 0 saturated carbocycles. The average Bonchev–Trinajstić information content (AvgIpc) is 2.30. The summed E-state index contributed by atoms with van der Waals surface area (Å²) < 4.78 is 0.520. The monoisotopic (exact) mass is 316 g/mol. The highest BCUT2D eigenvalue weighted by atomic mass is 79.9. The van der Waals surface area contributed by atoms with Crippen molar-refractivity contribution in [1.82, 2.24) is 0 Å². The van der Waals surface area contributed by atoms with Crippen LogP contribution in [0.3, 0.4) is 0 Å². The van der Waals surface area contributed by atoms with Gasteiger partial charge in [-0.05, 0) is 28.1 Å². The molecule has 0 amide bonds. The lowest BCUT2D eigenvalue weighted by Crippen LogP contribution is -1.97. The third-order valence-electron chi connectivity index (χ3n) is 1.54. The predicted octanol–water partition coefficient (Wildman–Crippen LogP) is 3.57. The Balaban J connectivity index is 3.02. The van der Waals surface area contributed by atoms with Gasteiger partial charge in [-0.3, -0.25) is 5.43 Å². The number of benzene rings is 1. The van der Waals surface area contributed by atoms with Crippen molar-refractivity contribution in [2.75, 3.05) is 5.43 Å². The predicted molar refractivity (Wildman–Crippen MR) is 66.4 cm³/mol. The highest BCUT2D eigenvalue weighted by Crippen LogP contribution is 2.35. The molecule has 0 aliphatic carbocycles. The van der Waals surface area contributed by atoms with Crippen molar-refractivity contribution in [3.8, 4) is 12.1 Å². The molecular weight excluding hydrogens is 315 g/mol. The molecule has 0 fully saturated rings. The highest BCUT2D eigenvalue weighted by molar-refractivity contribution is 9.10. The summed E-state index contributed by atoms with van der Waals surface area (Å²) in [6, 6.07) is 6.42. The summed E-state index contributed by atoms with van der Waals surface area (Å²) in [7, 11) is 0. The van der Waals surface area contributed by atoms with Crippen LogP contribution in [-0.2, 0) is 0 Å². The SMILES string of the molecule is N#CC(C#N)=NNc1ccc(Cl)c(Br)c1Cl. The molecule has 4 nitrogen and oxygen atoms in total. The van der Waals surface area contributed by atoms with Crippen LogP contribution in [0.15, 0.2) is 21.7 Å². The number of nitrogens with zero attached hydrogens (tertiary/aromatic N) is 3. The van der Waals surface area contributed by atoms with Crippen LogP contribution >= 0.6 is 39.1 Å². The molecule has 0 heterocycles. The molecule has 0 atom stereocenters. The van der Waals surface area contributed by atoms with Gasteiger partial charge in [0, 0.05) is 0 Å². The van der Waals surface area contributed by atoms with Gasteiger partial charge in [-0.1, -0.05) is 23.2 Å². The number of hydrogen-bond acceptors (Lipinski definition) is 4. The molecule has 0 aliphatic rings. The fourth-order valence-electron chi connectivity index (χ4n) is 0.803. The molecule has 0 radical (unpaired) electrons. The van der Waals surface area contributed by atoms with E-state index in [0.29, 0.717) is 20.2 Å². The Morgan fingerprint density at radius 1 is 1.31 bits per heavy atom. The molecule has 0 aliphatic heterocycles. The van der Waals surface area contributed by atoms with E-state index < -0.39 is 0 Å². The van der Waals surface area contributed by atoms with Gasteiger partial charge in [0.05, 0.1) is 20.2 Å². The second-order valence-electron chi connectivity index (χ2n) is 2.52. The molecule has 0 saturated heterocycles. The lowest BCUT2D eigenvalue weighted by molar-refractivity contribution is 1.33. The number of halogens is 3. The maximum Gasteiger partial charge on any atom is 0.237 e. The van der Waals surface area contributed by atoms with Crippen LogP contribution < -0.4 is 5.43 Å². The summed E-state index contributed by atoms with van der Waals surface area (Å²) in [6.07, 6.45) is 0. The van der Waals surface area contributed by atoms with E-state index in [1.54, 1.807) is 24.3 Å². The van der Waals surface area contributed by atoms with Crippen molar-refractivity contribution < 1.29 is 0 Å². The largest absolute Gasteiger partial charge is 0.275 e. The Hall–Kier alpha value is -1.27. The van der Waals surface area contributed by atoms with Crippen LogP contribution in [-0.4, -0.2) is 5.71 Å². The Morgan fingerprint density at radius 3 is 2.50 bits per heavy atom. The van der Waals surface area contributed by atoms with Crippen LogP contribution in [0, 0.1) is 22.7 Å². The van der Waals surface area contributed by atoms with Crippen molar-refractivity contribution >= 4 is 50.5 Å². The summed E-state index contributed by atoms with van der Waals surface area (Å²) >= 11 is 14.9. The van der Waals surface area contributed by atoms with Crippen LogP contribution in [0.2, 0.25) is 10.0 Å². The smallest absolute Gasteiger partial charge is 0.237 e. The first-order valence-corrected chi connectivity index (χ1v) is 5.42. The van der Waals surface area contributed by atoms with E-state index in [1.807, 2.05) is 0 Å². The fraction of sp³-hybridized carbons (Fsp3) is 0. The Labute approximate surface area is 110 Å². The van der Waals surface area contributed by atoms with Gasteiger partial charge in [-0.25, -0.2) is 0 Å². The topological polar surface area (TPSA) is 72.0 Å². The van der Waals surface area contributed by atoms with E-state index in [4.69, 9.17) is 33.7 Å². The number of rotatable bonds is 2. The van der Waals surface area contributed by atoms with Crippen molar-refractivity contribution in [3.05, 3.63) is 26.7 Å². The first kappa shape index (κ1) is 12.8. The van der Waals surface area contributed by atoms with Gasteiger partial charge in [0.2, 0.25) is 5.71 Å². The Kier molecular flexibility index (Phi) is 4.57. The van der Waals surface area contributed by atoms with Gasteiger partial charge >= 0.3 is 0 Å². The highest BCUT2D eigenvalue weighted by Gasteiger charge is 2.07. The van der Waals surface area contributed by atoms with Crippen molar-refractivity contribution in [2.45, 2.75) is 0 Å². The van der Waals surface area contributed by atoms with Crippen LogP contribution in [0.4, 0.5) is 5.69 Å². The van der Waals surface area contributed by atoms with Crippen LogP contribution in [0.1, 0.15) is 0 Å². The van der Waals surface area contributed by atoms with Crippen molar-refractivity contribution in [1.29, 1.82) is 10.5 Å². The zero-order valence-corrected chi connectivity index (χ0v) is 10.7. The molecular formula is C9H3BrCl2N4. The van der Waals surface area contributed by atoms with E-state index in [9.17, 15) is 0 Å². The van der Waals surface area contributed by atoms with E-state index in [-0.39, 0.29) is 5.71 Å². The van der Waals surface area contributed by atoms with E-state index >= 15 is 0 Å². The second kappa shape index (κ2) is 5.72. The zero-order valence-electron chi connectivity index (χ0n) is 7.63. The summed E-state index contributed by atoms with van der Waals surface area (Å²) in [4.78, 5) is 0. The van der Waals surface area contributed by atoms with E-state index in [0.717, 1.165) is 0 Å². The number of nitriles is 2. The molecule has 0 spiro atoms. The van der Waals surface area contributed by atoms with Crippen molar-refractivity contribution in [2.24, 2.45) is 5.10 Å². The zero-order chi connectivity index (χ0) is 12.1. The van der Waals surface area contributed by atoms with E-state index in [2.05, 4.69) is 26.5 Å². The summed E-state index contributed by atoms with van der Waals surface area (Å²) in [5, 5.41) is 21.3. The first-order valence-electron chi connectivity index (χ1n) is 3.87. The van der Waals surface area contributed by atoms with Crippen LogP contribution in [0.5, 0.6) is 0 Å². The Morgan fingerprint density at radius 2 is 1.94 bits per heavy atom. The standard InChI is InChI=1S/C9H3BrCl2N4/c10-8-6(11)1-2-7(9(8)12)16-15-5(3-13)4-14/h1-2,16H. The second-order valence-corrected chi connectivity index (χ2v) is 4.10. The summed E-state index contributed by atoms with van der Waals surface area (Å²) in [5.74, 6) is 0. The van der Waals surface area contributed by atoms with Crippen molar-refractivity contribution in [3.63, 3.8) is 0 Å². The minimum absolute atomic E-state index is 0.290. The Bertz CT molecular complexity index is 512. The minimum Gasteiger partial charge on any atom is -0.275 e. The normalized spacial score (nSPS) is 8.81. The van der Waals surface area contributed by atoms with Gasteiger partial charge in [-0.15, -0.1) is 0 Å². The average molecular weight is 318 g/mol. The van der Waals surface area contributed by atoms with Gasteiger partial charge in [0.1, 0.15) is 12.1 Å². The maximum atomic E-state index is 8.47. The summed E-state index contributed by atoms with van der Waals surface area (Å²) in [5.41, 5.74) is 2.66. The lowest BCUT2D eigenvalue weighted by Gasteiger charge is -2.05. The minimum atomic E-state index is -0.290. The van der Waals surface area contributed by atoms with Gasteiger partial charge in [0.15, 0.2) is 0 Å². The number of anilines is 1. The maximum absolute atomic E-state index is 8.47.